The van der Waals surface area contributed by atoms with E-state index in [-0.39, 0.29) is 10.4 Å². The van der Waals surface area contributed by atoms with Gasteiger partial charge >= 0.3 is 0 Å². The van der Waals surface area contributed by atoms with Crippen LogP contribution in [0.25, 0.3) is 0 Å². The second kappa shape index (κ2) is 8.41. The molecule has 4 nitrogen and oxygen atoms in total. The Labute approximate surface area is 161 Å². The zero-order valence-electron chi connectivity index (χ0n) is 16.1. The van der Waals surface area contributed by atoms with Gasteiger partial charge in [-0.1, -0.05) is 45.1 Å². The molecule has 2 rings (SSSR count). The van der Waals surface area contributed by atoms with E-state index in [1.807, 2.05) is 0 Å². The summed E-state index contributed by atoms with van der Waals surface area (Å²) < 4.78 is 17.1. The van der Waals surface area contributed by atoms with Gasteiger partial charge in [0.25, 0.3) is 0 Å². The zero-order valence-corrected chi connectivity index (χ0v) is 16.9. The molecule has 140 valence electrons. The molecule has 0 unspecified atom stereocenters. The lowest BCUT2D eigenvalue weighted by atomic mass is 9.86. The molecule has 0 saturated carbocycles. The molecule has 0 saturated heterocycles. The Kier molecular flexibility index (Phi) is 6.48. The first-order chi connectivity index (χ1) is 12.2. The molecule has 2 aromatic rings. The van der Waals surface area contributed by atoms with Gasteiger partial charge in [0, 0.05) is 6.07 Å². The second-order valence-corrected chi connectivity index (χ2v) is 7.61. The summed E-state index contributed by atoms with van der Waals surface area (Å²) >= 11 is 5.08. The van der Waals surface area contributed by atoms with Gasteiger partial charge in [-0.3, -0.25) is 0 Å². The van der Waals surface area contributed by atoms with Crippen molar-refractivity contribution in [1.29, 1.82) is 0 Å². The Morgan fingerprint density at radius 3 is 2.23 bits per heavy atom. The molecular weight excluding hydrogens is 346 g/mol. The van der Waals surface area contributed by atoms with E-state index in [4.69, 9.17) is 32.2 Å². The Morgan fingerprint density at radius 1 is 1.00 bits per heavy atom. The van der Waals surface area contributed by atoms with Gasteiger partial charge in [0.2, 0.25) is 0 Å². The normalized spacial score (nSPS) is 11.1. The summed E-state index contributed by atoms with van der Waals surface area (Å²) in [4.78, 5) is 0.289. The highest BCUT2D eigenvalue weighted by Crippen LogP contribution is 2.32. The van der Waals surface area contributed by atoms with Gasteiger partial charge in [0.15, 0.2) is 0 Å². The average molecular weight is 374 g/mol. The van der Waals surface area contributed by atoms with Gasteiger partial charge in [-0.15, -0.1) is 0 Å². The summed E-state index contributed by atoms with van der Waals surface area (Å²) in [6, 6.07) is 11.7. The predicted octanol–water partition coefficient (Wildman–Crippen LogP) is 4.39. The first-order valence-corrected chi connectivity index (χ1v) is 8.98. The monoisotopic (exact) mass is 373 g/mol. The summed E-state index contributed by atoms with van der Waals surface area (Å²) in [5.41, 5.74) is 8.80. The fourth-order valence-corrected chi connectivity index (χ4v) is 2.79. The third-order valence-electron chi connectivity index (χ3n) is 4.00. The van der Waals surface area contributed by atoms with Crippen LogP contribution in [0.15, 0.2) is 36.4 Å². The number of nitrogens with two attached hydrogens (primary N) is 1. The van der Waals surface area contributed by atoms with Crippen LogP contribution < -0.4 is 19.9 Å². The van der Waals surface area contributed by atoms with Crippen LogP contribution in [0, 0.1) is 6.92 Å². The quantitative estimate of drug-likeness (QED) is 0.576. The number of rotatable bonds is 7. The molecule has 0 fully saturated rings. The van der Waals surface area contributed by atoms with Crippen molar-refractivity contribution in [3.8, 4) is 17.2 Å². The van der Waals surface area contributed by atoms with Crippen LogP contribution in [0.3, 0.4) is 0 Å². The van der Waals surface area contributed by atoms with Crippen LogP contribution in [0.2, 0.25) is 0 Å². The molecule has 2 aromatic carbocycles. The highest BCUT2D eigenvalue weighted by atomic mass is 32.1. The number of methoxy groups -OCH3 is 1. The molecule has 0 atom stereocenters. The number of hydrogen-bond acceptors (Lipinski definition) is 4. The van der Waals surface area contributed by atoms with E-state index in [0.29, 0.717) is 30.3 Å². The lowest BCUT2D eigenvalue weighted by molar-refractivity contribution is 0.213. The van der Waals surface area contributed by atoms with Gasteiger partial charge in [-0.25, -0.2) is 0 Å². The molecule has 0 amide bonds. The van der Waals surface area contributed by atoms with Crippen molar-refractivity contribution in [3.05, 3.63) is 53.1 Å². The molecule has 5 heteroatoms. The summed E-state index contributed by atoms with van der Waals surface area (Å²) in [7, 11) is 1.61. The molecule has 0 spiro atoms. The summed E-state index contributed by atoms with van der Waals surface area (Å²) in [5.74, 6) is 2.18. The van der Waals surface area contributed by atoms with E-state index in [9.17, 15) is 0 Å². The standard InChI is InChI=1S/C21H27NO3S/c1-14-6-9-17(21(2,3)4)19(12-14)25-11-10-24-18-13-15(23-5)7-8-16(18)20(22)26/h6-9,12-13H,10-11H2,1-5H3,(H2,22,26). The molecule has 2 N–H and O–H groups in total. The van der Waals surface area contributed by atoms with Crippen molar-refractivity contribution in [2.45, 2.75) is 33.1 Å². The maximum Gasteiger partial charge on any atom is 0.133 e. The molecule has 0 aromatic heterocycles. The van der Waals surface area contributed by atoms with Crippen LogP contribution in [0.5, 0.6) is 17.2 Å². The van der Waals surface area contributed by atoms with Gasteiger partial charge < -0.3 is 19.9 Å². The Hall–Kier alpha value is -2.27. The van der Waals surface area contributed by atoms with E-state index in [2.05, 4.69) is 45.9 Å². The predicted molar refractivity (Wildman–Crippen MR) is 110 cm³/mol. The lowest BCUT2D eigenvalue weighted by Crippen LogP contribution is -2.17. The molecule has 0 heterocycles. The van der Waals surface area contributed by atoms with E-state index in [1.165, 1.54) is 5.56 Å². The minimum absolute atomic E-state index is 0.00952. The van der Waals surface area contributed by atoms with Crippen molar-refractivity contribution in [1.82, 2.24) is 0 Å². The van der Waals surface area contributed by atoms with Crippen molar-refractivity contribution >= 4 is 17.2 Å². The fourth-order valence-electron chi connectivity index (χ4n) is 2.62. The van der Waals surface area contributed by atoms with Crippen LogP contribution in [-0.4, -0.2) is 25.3 Å². The molecule has 0 bridgehead atoms. The van der Waals surface area contributed by atoms with E-state index in [1.54, 1.807) is 25.3 Å². The maximum atomic E-state index is 6.00. The topological polar surface area (TPSA) is 53.7 Å². The van der Waals surface area contributed by atoms with E-state index in [0.717, 1.165) is 11.3 Å². The summed E-state index contributed by atoms with van der Waals surface area (Å²) in [6.07, 6.45) is 0. The third-order valence-corrected chi connectivity index (χ3v) is 4.22. The Balaban J connectivity index is 2.06. The number of benzene rings is 2. The van der Waals surface area contributed by atoms with Gasteiger partial charge in [-0.2, -0.15) is 0 Å². The lowest BCUT2D eigenvalue weighted by Gasteiger charge is -2.23. The Bertz CT molecular complexity index is 781. The highest BCUT2D eigenvalue weighted by Gasteiger charge is 2.19. The van der Waals surface area contributed by atoms with Gasteiger partial charge in [-0.05, 0) is 41.7 Å². The zero-order chi connectivity index (χ0) is 19.3. The number of aryl methyl sites for hydroxylation is 1. The van der Waals surface area contributed by atoms with E-state index < -0.39 is 0 Å². The Morgan fingerprint density at radius 2 is 1.65 bits per heavy atom. The van der Waals surface area contributed by atoms with Crippen LogP contribution in [0.1, 0.15) is 37.5 Å². The van der Waals surface area contributed by atoms with Crippen LogP contribution in [0.4, 0.5) is 0 Å². The number of ether oxygens (including phenoxy) is 3. The highest BCUT2D eigenvalue weighted by molar-refractivity contribution is 7.80. The molecule has 0 aliphatic rings. The van der Waals surface area contributed by atoms with Crippen molar-refractivity contribution in [2.75, 3.05) is 20.3 Å². The molecule has 0 aliphatic heterocycles. The molecule has 0 aliphatic carbocycles. The average Bonchev–Trinajstić information content (AvgIpc) is 2.57. The SMILES string of the molecule is COc1ccc(C(N)=S)c(OCCOc2cc(C)ccc2C(C)(C)C)c1. The number of hydrogen-bond donors (Lipinski definition) is 1. The largest absolute Gasteiger partial charge is 0.497 e. The fraction of sp³-hybridized carbons (Fsp3) is 0.381. The van der Waals surface area contributed by atoms with Gasteiger partial charge in [0.05, 0.1) is 12.7 Å². The first kappa shape index (κ1) is 20.0. The van der Waals surface area contributed by atoms with Crippen molar-refractivity contribution in [3.63, 3.8) is 0 Å². The minimum atomic E-state index is 0.00952. The maximum absolute atomic E-state index is 6.00. The second-order valence-electron chi connectivity index (χ2n) is 7.17. The summed E-state index contributed by atoms with van der Waals surface area (Å²) in [5, 5.41) is 0. The van der Waals surface area contributed by atoms with Crippen LogP contribution in [-0.2, 0) is 5.41 Å². The van der Waals surface area contributed by atoms with Crippen molar-refractivity contribution in [2.24, 2.45) is 5.73 Å². The molecule has 26 heavy (non-hydrogen) atoms. The van der Waals surface area contributed by atoms with Crippen molar-refractivity contribution < 1.29 is 14.2 Å². The minimum Gasteiger partial charge on any atom is -0.497 e. The number of thiocarbonyl (C=S) groups is 1. The smallest absolute Gasteiger partial charge is 0.133 e. The van der Waals surface area contributed by atoms with Gasteiger partial charge in [0.1, 0.15) is 35.5 Å². The third kappa shape index (κ3) is 5.11. The molecule has 0 radical (unpaired) electrons. The first-order valence-electron chi connectivity index (χ1n) is 8.57. The molecular formula is C21H27NO3S. The summed E-state index contributed by atoms with van der Waals surface area (Å²) in [6.45, 7) is 9.37. The van der Waals surface area contributed by atoms with E-state index >= 15 is 0 Å². The van der Waals surface area contributed by atoms with Crippen LogP contribution >= 0.6 is 12.2 Å².